The number of ether oxygens (including phenoxy) is 1. The van der Waals surface area contributed by atoms with Gasteiger partial charge in [0.05, 0.1) is 30.3 Å². The highest BCUT2D eigenvalue weighted by molar-refractivity contribution is 7.92. The van der Waals surface area contributed by atoms with Crippen molar-refractivity contribution in [2.45, 2.75) is 13.1 Å². The van der Waals surface area contributed by atoms with Gasteiger partial charge in [0.1, 0.15) is 12.3 Å². The molecule has 11 heteroatoms. The number of nitrogens with zero attached hydrogens (tertiary/aromatic N) is 1. The first kappa shape index (κ1) is 22.8. The molecule has 1 amide bonds. The maximum absolute atomic E-state index is 13.2. The number of hydrogen-bond donors (Lipinski definition) is 1. The summed E-state index contributed by atoms with van der Waals surface area (Å²) in [6.45, 7) is 0.964. The summed E-state index contributed by atoms with van der Waals surface area (Å²) in [5.41, 5.74) is -0.877. The van der Waals surface area contributed by atoms with E-state index in [1.54, 1.807) is 13.0 Å². The summed E-state index contributed by atoms with van der Waals surface area (Å²) in [4.78, 5) is 12.4. The van der Waals surface area contributed by atoms with E-state index in [2.05, 4.69) is 5.32 Å². The van der Waals surface area contributed by atoms with E-state index in [1.165, 1.54) is 25.3 Å². The Morgan fingerprint density at radius 2 is 1.86 bits per heavy atom. The number of anilines is 2. The molecule has 0 aliphatic rings. The molecule has 0 atom stereocenters. The second-order valence-electron chi connectivity index (χ2n) is 6.18. The van der Waals surface area contributed by atoms with E-state index >= 15 is 0 Å². The Kier molecular flexibility index (Phi) is 6.69. The summed E-state index contributed by atoms with van der Waals surface area (Å²) in [6.07, 6.45) is -3.88. The molecule has 0 radical (unpaired) electrons. The number of benzene rings is 2. The number of hydrogen-bond acceptors (Lipinski definition) is 4. The Labute approximate surface area is 171 Å². The number of carbonyl (C=O) groups excluding carboxylic acids is 1. The van der Waals surface area contributed by atoms with Crippen molar-refractivity contribution in [1.82, 2.24) is 0 Å². The van der Waals surface area contributed by atoms with Crippen LogP contribution in [0.15, 0.2) is 36.4 Å². The van der Waals surface area contributed by atoms with Gasteiger partial charge in [0.2, 0.25) is 15.9 Å². The van der Waals surface area contributed by atoms with Crippen molar-refractivity contribution in [2.75, 3.05) is 29.5 Å². The van der Waals surface area contributed by atoms with Crippen molar-refractivity contribution < 1.29 is 31.1 Å². The van der Waals surface area contributed by atoms with Crippen molar-refractivity contribution >= 4 is 38.9 Å². The van der Waals surface area contributed by atoms with Gasteiger partial charge < -0.3 is 10.1 Å². The highest BCUT2D eigenvalue weighted by atomic mass is 35.5. The van der Waals surface area contributed by atoms with Gasteiger partial charge in [-0.25, -0.2) is 8.42 Å². The summed E-state index contributed by atoms with van der Waals surface area (Å²) in [5.74, 6) is -0.775. The first-order valence-electron chi connectivity index (χ1n) is 8.12. The molecular formula is C18H18ClF3N2O4S. The predicted octanol–water partition coefficient (Wildman–Crippen LogP) is 4.08. The van der Waals surface area contributed by atoms with Gasteiger partial charge in [-0.2, -0.15) is 13.2 Å². The fraction of sp³-hybridized carbons (Fsp3) is 0.278. The second kappa shape index (κ2) is 8.50. The molecule has 1 N–H and O–H groups in total. The SMILES string of the molecule is COc1ccc(C)cc1N(CC(=O)Nc1ccc(Cl)cc1C(F)(F)F)S(C)(=O)=O. The minimum absolute atomic E-state index is 0.0947. The van der Waals surface area contributed by atoms with Gasteiger partial charge in [-0.3, -0.25) is 9.10 Å². The molecule has 2 rings (SSSR count). The highest BCUT2D eigenvalue weighted by Gasteiger charge is 2.34. The lowest BCUT2D eigenvalue weighted by Crippen LogP contribution is -2.38. The Bertz CT molecular complexity index is 1030. The number of methoxy groups -OCH3 is 1. The predicted molar refractivity (Wildman–Crippen MR) is 105 cm³/mol. The number of sulfonamides is 1. The zero-order valence-corrected chi connectivity index (χ0v) is 17.2. The van der Waals surface area contributed by atoms with Crippen molar-refractivity contribution in [3.63, 3.8) is 0 Å². The molecule has 158 valence electrons. The largest absolute Gasteiger partial charge is 0.495 e. The number of halogens is 4. The summed E-state index contributed by atoms with van der Waals surface area (Å²) in [6, 6.07) is 7.57. The maximum Gasteiger partial charge on any atom is 0.418 e. The Balaban J connectivity index is 2.38. The molecule has 0 heterocycles. The van der Waals surface area contributed by atoms with Crippen molar-refractivity contribution in [3.05, 3.63) is 52.5 Å². The third-order valence-corrected chi connectivity index (χ3v) is 5.21. The van der Waals surface area contributed by atoms with Gasteiger partial charge in [0.25, 0.3) is 0 Å². The van der Waals surface area contributed by atoms with Crippen LogP contribution >= 0.6 is 11.6 Å². The van der Waals surface area contributed by atoms with Crippen LogP contribution < -0.4 is 14.4 Å². The summed E-state index contributed by atoms with van der Waals surface area (Å²) < 4.78 is 70.1. The molecule has 0 saturated carbocycles. The van der Waals surface area contributed by atoms with Crippen LogP contribution in [0.4, 0.5) is 24.5 Å². The molecule has 2 aromatic rings. The Morgan fingerprint density at radius 1 is 1.21 bits per heavy atom. The number of aryl methyl sites for hydroxylation is 1. The number of alkyl halides is 3. The lowest BCUT2D eigenvalue weighted by Gasteiger charge is -2.24. The minimum atomic E-state index is -4.76. The van der Waals surface area contributed by atoms with Gasteiger partial charge in [0, 0.05) is 5.02 Å². The van der Waals surface area contributed by atoms with Crippen LogP contribution in [-0.4, -0.2) is 34.2 Å². The number of carbonyl (C=O) groups is 1. The van der Waals surface area contributed by atoms with E-state index in [0.717, 1.165) is 16.6 Å². The molecule has 0 aromatic heterocycles. The second-order valence-corrected chi connectivity index (χ2v) is 8.52. The molecule has 0 bridgehead atoms. The molecule has 2 aromatic carbocycles. The Morgan fingerprint density at radius 3 is 2.41 bits per heavy atom. The third-order valence-electron chi connectivity index (χ3n) is 3.85. The molecule has 0 aliphatic heterocycles. The van der Waals surface area contributed by atoms with Crippen LogP contribution in [0.5, 0.6) is 5.75 Å². The smallest absolute Gasteiger partial charge is 0.418 e. The van der Waals surface area contributed by atoms with Gasteiger partial charge in [-0.05, 0) is 42.8 Å². The average molecular weight is 451 g/mol. The molecule has 6 nitrogen and oxygen atoms in total. The molecule has 0 unspecified atom stereocenters. The average Bonchev–Trinajstić information content (AvgIpc) is 2.59. The van der Waals surface area contributed by atoms with Crippen LogP contribution in [0.25, 0.3) is 0 Å². The van der Waals surface area contributed by atoms with Gasteiger partial charge in [-0.15, -0.1) is 0 Å². The number of amides is 1. The minimum Gasteiger partial charge on any atom is -0.495 e. The zero-order valence-electron chi connectivity index (χ0n) is 15.7. The first-order valence-corrected chi connectivity index (χ1v) is 10.3. The standard InChI is InChI=1S/C18H18ClF3N2O4S/c1-11-4-7-16(28-2)15(8-11)24(29(3,26)27)10-17(25)23-14-6-5-12(19)9-13(14)18(20,21)22/h4-9H,10H2,1-3H3,(H,23,25). The zero-order chi connectivity index (χ0) is 22.0. The highest BCUT2D eigenvalue weighted by Crippen LogP contribution is 2.37. The monoisotopic (exact) mass is 450 g/mol. The lowest BCUT2D eigenvalue weighted by molar-refractivity contribution is -0.137. The van der Waals surface area contributed by atoms with E-state index in [-0.39, 0.29) is 16.5 Å². The van der Waals surface area contributed by atoms with Gasteiger partial charge in [-0.1, -0.05) is 17.7 Å². The van der Waals surface area contributed by atoms with Crippen molar-refractivity contribution in [1.29, 1.82) is 0 Å². The maximum atomic E-state index is 13.2. The van der Waals surface area contributed by atoms with Crippen LogP contribution in [0.1, 0.15) is 11.1 Å². The number of rotatable bonds is 6. The topological polar surface area (TPSA) is 75.7 Å². The fourth-order valence-corrected chi connectivity index (χ4v) is 3.58. The number of nitrogens with one attached hydrogen (secondary N) is 1. The fourth-order valence-electron chi connectivity index (χ4n) is 2.56. The molecule has 0 spiro atoms. The van der Waals surface area contributed by atoms with E-state index in [9.17, 15) is 26.4 Å². The van der Waals surface area contributed by atoms with E-state index < -0.39 is 39.9 Å². The van der Waals surface area contributed by atoms with Crippen molar-refractivity contribution in [3.8, 4) is 5.75 Å². The van der Waals surface area contributed by atoms with Gasteiger partial charge >= 0.3 is 6.18 Å². The molecule has 29 heavy (non-hydrogen) atoms. The summed E-state index contributed by atoms with van der Waals surface area (Å²) in [5, 5.41) is 1.95. The molecule has 0 fully saturated rings. The third kappa shape index (κ3) is 5.77. The summed E-state index contributed by atoms with van der Waals surface area (Å²) in [7, 11) is -2.62. The van der Waals surface area contributed by atoms with Crippen molar-refractivity contribution in [2.24, 2.45) is 0 Å². The van der Waals surface area contributed by atoms with E-state index in [1.807, 2.05) is 0 Å². The van der Waals surface area contributed by atoms with E-state index in [0.29, 0.717) is 11.6 Å². The van der Waals surface area contributed by atoms with Gasteiger partial charge in [0.15, 0.2) is 0 Å². The Hall–Kier alpha value is -2.46. The lowest BCUT2D eigenvalue weighted by atomic mass is 10.1. The van der Waals surface area contributed by atoms with E-state index in [4.69, 9.17) is 16.3 Å². The molecule has 0 saturated heterocycles. The molecule has 0 aliphatic carbocycles. The van der Waals surface area contributed by atoms with Crippen LogP contribution in [-0.2, 0) is 21.0 Å². The molecular weight excluding hydrogens is 433 g/mol. The van der Waals surface area contributed by atoms with Crippen LogP contribution in [0.3, 0.4) is 0 Å². The van der Waals surface area contributed by atoms with Crippen LogP contribution in [0, 0.1) is 6.92 Å². The van der Waals surface area contributed by atoms with Crippen LogP contribution in [0.2, 0.25) is 5.02 Å². The summed E-state index contributed by atoms with van der Waals surface area (Å²) >= 11 is 5.62. The quantitative estimate of drug-likeness (QED) is 0.719. The normalized spacial score (nSPS) is 11.8. The first-order chi connectivity index (χ1) is 13.3.